The zero-order valence-electron chi connectivity index (χ0n) is 14.5. The summed E-state index contributed by atoms with van der Waals surface area (Å²) in [6.45, 7) is 4.44. The molecule has 2 aromatic carbocycles. The third-order valence-electron chi connectivity index (χ3n) is 5.12. The van der Waals surface area contributed by atoms with Gasteiger partial charge in [0.25, 0.3) is 0 Å². The second-order valence-corrected chi connectivity index (χ2v) is 8.51. The summed E-state index contributed by atoms with van der Waals surface area (Å²) in [7, 11) is -3.50. The van der Waals surface area contributed by atoms with Crippen LogP contribution in [0.2, 0.25) is 0 Å². The Kier molecular flexibility index (Phi) is 5.06. The van der Waals surface area contributed by atoms with Crippen molar-refractivity contribution in [2.24, 2.45) is 11.8 Å². The molecule has 0 aromatic heterocycles. The van der Waals surface area contributed by atoms with Crippen LogP contribution in [0.25, 0.3) is 0 Å². The lowest BCUT2D eigenvalue weighted by Gasteiger charge is -2.22. The van der Waals surface area contributed by atoms with Crippen molar-refractivity contribution >= 4 is 15.8 Å². The second kappa shape index (κ2) is 7.10. The monoisotopic (exact) mass is 357 g/mol. The smallest absolute Gasteiger partial charge is 0.240 e. The first kappa shape index (κ1) is 17.8. The normalized spacial score (nSPS) is 21.1. The van der Waals surface area contributed by atoms with E-state index in [4.69, 9.17) is 0 Å². The van der Waals surface area contributed by atoms with Crippen LogP contribution in [0.5, 0.6) is 0 Å². The van der Waals surface area contributed by atoms with Crippen LogP contribution in [-0.4, -0.2) is 20.7 Å². The molecule has 25 heavy (non-hydrogen) atoms. The van der Waals surface area contributed by atoms with Crippen LogP contribution in [0.15, 0.2) is 59.5 Å². The van der Waals surface area contributed by atoms with Crippen molar-refractivity contribution < 1.29 is 13.2 Å². The predicted octanol–water partition coefficient (Wildman–Crippen LogP) is 3.61. The molecule has 0 radical (unpaired) electrons. The predicted molar refractivity (Wildman–Crippen MR) is 98.1 cm³/mol. The Balaban J connectivity index is 1.62. The minimum absolute atomic E-state index is 0.0846. The van der Waals surface area contributed by atoms with Gasteiger partial charge in [-0.25, -0.2) is 13.1 Å². The molecule has 3 unspecified atom stereocenters. The number of nitrogens with one attached hydrogen (secondary N) is 1. The standard InChI is InChI=1S/C20H23NO3S/c1-14(12-13-21-25(23,24)16-8-4-3-5-9-16)19-15(2)17-10-6-7-11-18(17)20(19)22/h3-11,14-15,19,21H,12-13H2,1-2H3. The lowest BCUT2D eigenvalue weighted by Crippen LogP contribution is -2.29. The summed E-state index contributed by atoms with van der Waals surface area (Å²) in [4.78, 5) is 13.0. The van der Waals surface area contributed by atoms with Crippen molar-refractivity contribution in [2.75, 3.05) is 6.54 Å². The molecule has 2 aromatic rings. The molecule has 5 heteroatoms. The van der Waals surface area contributed by atoms with Gasteiger partial charge in [-0.15, -0.1) is 0 Å². The van der Waals surface area contributed by atoms with Gasteiger partial charge in [-0.05, 0) is 36.0 Å². The number of sulfonamides is 1. The molecule has 3 rings (SSSR count). The van der Waals surface area contributed by atoms with Crippen LogP contribution in [0.4, 0.5) is 0 Å². The molecule has 0 amide bonds. The van der Waals surface area contributed by atoms with Crippen molar-refractivity contribution in [3.63, 3.8) is 0 Å². The Bertz CT molecular complexity index is 862. The molecule has 0 heterocycles. The van der Waals surface area contributed by atoms with Crippen LogP contribution >= 0.6 is 0 Å². The summed E-state index contributed by atoms with van der Waals surface area (Å²) in [5, 5.41) is 0. The molecule has 0 bridgehead atoms. The highest BCUT2D eigenvalue weighted by Gasteiger charge is 2.39. The minimum Gasteiger partial charge on any atom is -0.294 e. The van der Waals surface area contributed by atoms with Gasteiger partial charge in [-0.3, -0.25) is 4.79 Å². The fraction of sp³-hybridized carbons (Fsp3) is 0.350. The maximum atomic E-state index is 12.7. The number of fused-ring (bicyclic) bond motifs is 1. The zero-order chi connectivity index (χ0) is 18.0. The average Bonchev–Trinajstić information content (AvgIpc) is 2.87. The number of carbonyl (C=O) groups is 1. The third kappa shape index (κ3) is 3.53. The Morgan fingerprint density at radius 1 is 1.04 bits per heavy atom. The third-order valence-corrected chi connectivity index (χ3v) is 6.59. The Morgan fingerprint density at radius 2 is 1.68 bits per heavy atom. The van der Waals surface area contributed by atoms with Crippen molar-refractivity contribution in [1.82, 2.24) is 4.72 Å². The van der Waals surface area contributed by atoms with E-state index in [0.29, 0.717) is 13.0 Å². The molecular formula is C20H23NO3S. The van der Waals surface area contributed by atoms with E-state index in [9.17, 15) is 13.2 Å². The number of benzene rings is 2. The number of Topliss-reactive ketones (excluding diaryl/α,β-unsaturated/α-hetero) is 1. The van der Waals surface area contributed by atoms with Gasteiger partial charge in [0.2, 0.25) is 10.0 Å². The van der Waals surface area contributed by atoms with Gasteiger partial charge in [-0.1, -0.05) is 56.3 Å². The Morgan fingerprint density at radius 3 is 2.36 bits per heavy atom. The van der Waals surface area contributed by atoms with E-state index >= 15 is 0 Å². The number of carbonyl (C=O) groups excluding carboxylic acids is 1. The van der Waals surface area contributed by atoms with Crippen LogP contribution in [0.3, 0.4) is 0 Å². The Hall–Kier alpha value is -1.98. The highest BCUT2D eigenvalue weighted by Crippen LogP contribution is 2.42. The maximum Gasteiger partial charge on any atom is 0.240 e. The number of hydrogen-bond acceptors (Lipinski definition) is 3. The molecule has 1 N–H and O–H groups in total. The SMILES string of the molecule is CC(CCNS(=O)(=O)c1ccccc1)C1C(=O)c2ccccc2C1C. The van der Waals surface area contributed by atoms with Crippen molar-refractivity contribution in [1.29, 1.82) is 0 Å². The van der Waals surface area contributed by atoms with E-state index in [-0.39, 0.29) is 28.4 Å². The highest BCUT2D eigenvalue weighted by atomic mass is 32.2. The molecule has 1 aliphatic rings. The quantitative estimate of drug-likeness (QED) is 0.859. The van der Waals surface area contributed by atoms with Crippen molar-refractivity contribution in [3.8, 4) is 0 Å². The summed E-state index contributed by atoms with van der Waals surface area (Å²) in [5.41, 5.74) is 1.92. The number of rotatable bonds is 6. The van der Waals surface area contributed by atoms with E-state index in [0.717, 1.165) is 11.1 Å². The van der Waals surface area contributed by atoms with E-state index in [1.54, 1.807) is 30.3 Å². The largest absolute Gasteiger partial charge is 0.294 e. The van der Waals surface area contributed by atoms with Crippen molar-refractivity contribution in [2.45, 2.75) is 31.1 Å². The van der Waals surface area contributed by atoms with Gasteiger partial charge in [0.1, 0.15) is 0 Å². The molecule has 132 valence electrons. The zero-order valence-corrected chi connectivity index (χ0v) is 15.3. The Labute approximate surface area is 149 Å². The van der Waals surface area contributed by atoms with Gasteiger partial charge in [0.05, 0.1) is 4.90 Å². The van der Waals surface area contributed by atoms with E-state index in [2.05, 4.69) is 11.6 Å². The summed E-state index contributed by atoms with van der Waals surface area (Å²) in [6, 6.07) is 16.1. The number of hydrogen-bond donors (Lipinski definition) is 1. The minimum atomic E-state index is -3.50. The fourth-order valence-electron chi connectivity index (χ4n) is 3.75. The number of ketones is 1. The average molecular weight is 357 g/mol. The lowest BCUT2D eigenvalue weighted by atomic mass is 9.82. The molecule has 3 atom stereocenters. The van der Waals surface area contributed by atoms with Crippen molar-refractivity contribution in [3.05, 3.63) is 65.7 Å². The first-order valence-electron chi connectivity index (χ1n) is 8.59. The molecule has 1 aliphatic carbocycles. The summed E-state index contributed by atoms with van der Waals surface area (Å²) in [5.74, 6) is 0.373. The van der Waals surface area contributed by atoms with Gasteiger partial charge < -0.3 is 0 Å². The van der Waals surface area contributed by atoms with Gasteiger partial charge >= 0.3 is 0 Å². The van der Waals surface area contributed by atoms with E-state index in [1.165, 1.54) is 0 Å². The highest BCUT2D eigenvalue weighted by molar-refractivity contribution is 7.89. The molecule has 0 spiro atoms. The molecular weight excluding hydrogens is 334 g/mol. The molecule has 0 saturated carbocycles. The second-order valence-electron chi connectivity index (χ2n) is 6.74. The topological polar surface area (TPSA) is 63.2 Å². The van der Waals surface area contributed by atoms with Crippen LogP contribution in [0.1, 0.15) is 42.1 Å². The van der Waals surface area contributed by atoms with Gasteiger partial charge in [0.15, 0.2) is 5.78 Å². The first-order valence-corrected chi connectivity index (χ1v) is 10.1. The molecule has 0 aliphatic heterocycles. The fourth-order valence-corrected chi connectivity index (χ4v) is 4.82. The first-order chi connectivity index (χ1) is 11.9. The lowest BCUT2D eigenvalue weighted by molar-refractivity contribution is 0.0880. The van der Waals surface area contributed by atoms with E-state index < -0.39 is 10.0 Å². The maximum absolute atomic E-state index is 12.7. The summed E-state index contributed by atoms with van der Waals surface area (Å²) >= 11 is 0. The molecule has 0 saturated heterocycles. The van der Waals surface area contributed by atoms with E-state index in [1.807, 2.05) is 31.2 Å². The van der Waals surface area contributed by atoms with Gasteiger partial charge in [-0.2, -0.15) is 0 Å². The van der Waals surface area contributed by atoms with Crippen LogP contribution in [-0.2, 0) is 10.0 Å². The van der Waals surface area contributed by atoms with Crippen LogP contribution < -0.4 is 4.72 Å². The van der Waals surface area contributed by atoms with Gasteiger partial charge in [0, 0.05) is 18.0 Å². The summed E-state index contributed by atoms with van der Waals surface area (Å²) < 4.78 is 27.2. The molecule has 0 fully saturated rings. The summed E-state index contributed by atoms with van der Waals surface area (Å²) in [6.07, 6.45) is 0.626. The van der Waals surface area contributed by atoms with Crippen LogP contribution in [0, 0.1) is 11.8 Å². The molecule has 4 nitrogen and oxygen atoms in total.